The number of esters is 1. The Morgan fingerprint density at radius 1 is 1.91 bits per heavy atom. The number of hydrazine groups is 1. The average molecular weight is 157 g/mol. The van der Waals surface area contributed by atoms with Crippen LogP contribution in [0.3, 0.4) is 0 Å². The molecule has 0 atom stereocenters. The molecule has 1 aliphatic rings. The molecule has 5 heteroatoms. The van der Waals surface area contributed by atoms with Gasteiger partial charge in [0.1, 0.15) is 6.54 Å². The normalized spacial score (nSPS) is 16.5. The van der Waals surface area contributed by atoms with Gasteiger partial charge in [0.05, 0.1) is 13.2 Å². The van der Waals surface area contributed by atoms with E-state index in [1.165, 1.54) is 0 Å². The first-order valence-electron chi connectivity index (χ1n) is 3.50. The van der Waals surface area contributed by atoms with E-state index in [2.05, 4.69) is 10.6 Å². The third-order valence-corrected chi connectivity index (χ3v) is 1.22. The fourth-order valence-corrected chi connectivity index (χ4v) is 0.765. The molecule has 5 nitrogen and oxygen atoms in total. The molecule has 62 valence electrons. The fourth-order valence-electron chi connectivity index (χ4n) is 0.765. The minimum atomic E-state index is -0.231. The maximum atomic E-state index is 10.8. The van der Waals surface area contributed by atoms with Gasteiger partial charge in [-0.15, -0.1) is 0 Å². The molecule has 1 N–H and O–H groups in total. The molecular formula is C6H11N3O2. The van der Waals surface area contributed by atoms with Gasteiger partial charge in [-0.05, 0) is 6.92 Å². The summed E-state index contributed by atoms with van der Waals surface area (Å²) >= 11 is 0. The molecule has 0 aromatic rings. The largest absolute Gasteiger partial charge is 0.465 e. The number of ether oxygens (including phenoxy) is 1. The second-order valence-electron chi connectivity index (χ2n) is 2.10. The monoisotopic (exact) mass is 157 g/mol. The minimum absolute atomic E-state index is 0.231. The maximum absolute atomic E-state index is 10.8. The van der Waals surface area contributed by atoms with Gasteiger partial charge in [-0.2, -0.15) is 10.1 Å². The highest BCUT2D eigenvalue weighted by Gasteiger charge is 2.11. The first-order valence-corrected chi connectivity index (χ1v) is 3.50. The van der Waals surface area contributed by atoms with E-state index in [1.54, 1.807) is 18.1 Å². The number of hydrogen-bond donors (Lipinski definition) is 1. The van der Waals surface area contributed by atoms with Gasteiger partial charge in [-0.25, -0.2) is 5.53 Å². The highest BCUT2D eigenvalue weighted by atomic mass is 16.5. The lowest BCUT2D eigenvalue weighted by Gasteiger charge is -2.11. The zero-order chi connectivity index (χ0) is 8.10. The Labute approximate surface area is 65.0 Å². The van der Waals surface area contributed by atoms with Crippen LogP contribution in [-0.2, 0) is 9.53 Å². The summed E-state index contributed by atoms with van der Waals surface area (Å²) in [4.78, 5) is 10.8. The number of carbonyl (C=O) groups excluding carboxylic acids is 1. The van der Waals surface area contributed by atoms with E-state index in [0.29, 0.717) is 13.2 Å². The molecule has 0 saturated carbocycles. The number of carbonyl (C=O) groups is 1. The van der Waals surface area contributed by atoms with E-state index in [1.807, 2.05) is 0 Å². The Kier molecular flexibility index (Phi) is 2.85. The molecule has 0 aromatic heterocycles. The molecule has 0 fully saturated rings. The van der Waals surface area contributed by atoms with Crippen molar-refractivity contribution < 1.29 is 9.53 Å². The molecule has 0 aliphatic carbocycles. The van der Waals surface area contributed by atoms with Gasteiger partial charge in [0.15, 0.2) is 0 Å². The van der Waals surface area contributed by atoms with Crippen molar-refractivity contribution in [3.63, 3.8) is 0 Å². The van der Waals surface area contributed by atoms with Crippen LogP contribution < -0.4 is 5.53 Å². The van der Waals surface area contributed by atoms with Crippen LogP contribution in [0.1, 0.15) is 6.92 Å². The van der Waals surface area contributed by atoms with Gasteiger partial charge < -0.3 is 4.74 Å². The number of nitrogens with one attached hydrogen (secondary N) is 1. The van der Waals surface area contributed by atoms with Crippen LogP contribution in [0.15, 0.2) is 5.10 Å². The van der Waals surface area contributed by atoms with Crippen LogP contribution >= 0.6 is 0 Å². The predicted octanol–water partition coefficient (Wildman–Crippen LogP) is -0.645. The average Bonchev–Trinajstić information content (AvgIpc) is 2.40. The lowest BCUT2D eigenvalue weighted by molar-refractivity contribution is -0.144. The van der Waals surface area contributed by atoms with Crippen molar-refractivity contribution in [1.29, 1.82) is 0 Å². The number of hydrazone groups is 1. The van der Waals surface area contributed by atoms with Crippen molar-refractivity contribution in [3.05, 3.63) is 0 Å². The zero-order valence-electron chi connectivity index (χ0n) is 6.41. The molecule has 0 bridgehead atoms. The van der Waals surface area contributed by atoms with Crippen LogP contribution in [0, 0.1) is 0 Å². The van der Waals surface area contributed by atoms with Gasteiger partial charge in [-0.1, -0.05) is 0 Å². The maximum Gasteiger partial charge on any atom is 0.322 e. The summed E-state index contributed by atoms with van der Waals surface area (Å²) in [7, 11) is 0. The number of nitrogens with zero attached hydrogens (tertiary/aromatic N) is 2. The Morgan fingerprint density at radius 2 is 2.73 bits per heavy atom. The smallest absolute Gasteiger partial charge is 0.322 e. The third kappa shape index (κ3) is 2.55. The highest BCUT2D eigenvalue weighted by Crippen LogP contribution is 1.88. The topological polar surface area (TPSA) is 53.9 Å². The zero-order valence-corrected chi connectivity index (χ0v) is 6.41. The summed E-state index contributed by atoms with van der Waals surface area (Å²) in [6.45, 7) is 3.10. The molecule has 11 heavy (non-hydrogen) atoms. The van der Waals surface area contributed by atoms with Crippen molar-refractivity contribution in [2.45, 2.75) is 6.92 Å². The van der Waals surface area contributed by atoms with Gasteiger partial charge in [0, 0.05) is 6.21 Å². The van der Waals surface area contributed by atoms with Gasteiger partial charge in [-0.3, -0.25) is 4.79 Å². The molecule has 0 saturated heterocycles. The fraction of sp³-hybridized carbons (Fsp3) is 0.667. The summed E-state index contributed by atoms with van der Waals surface area (Å²) < 4.78 is 4.73. The summed E-state index contributed by atoms with van der Waals surface area (Å²) in [5.74, 6) is -0.231. The van der Waals surface area contributed by atoms with Gasteiger partial charge in [0.25, 0.3) is 0 Å². The molecule has 0 aromatic carbocycles. The van der Waals surface area contributed by atoms with Gasteiger partial charge >= 0.3 is 5.97 Å². The van der Waals surface area contributed by atoms with E-state index in [0.717, 1.165) is 0 Å². The number of hydrogen-bond acceptors (Lipinski definition) is 5. The first kappa shape index (κ1) is 8.00. The summed E-state index contributed by atoms with van der Waals surface area (Å²) in [5, 5.41) is 5.39. The number of rotatable bonds is 3. The molecule has 0 unspecified atom stereocenters. The third-order valence-electron chi connectivity index (χ3n) is 1.22. The summed E-state index contributed by atoms with van der Waals surface area (Å²) in [6, 6.07) is 0. The molecule has 0 amide bonds. The molecule has 1 aliphatic heterocycles. The van der Waals surface area contributed by atoms with Gasteiger partial charge in [0.2, 0.25) is 0 Å². The lowest BCUT2D eigenvalue weighted by atomic mass is 10.6. The van der Waals surface area contributed by atoms with Crippen molar-refractivity contribution in [2.75, 3.05) is 19.7 Å². The van der Waals surface area contributed by atoms with E-state index in [9.17, 15) is 4.79 Å². The van der Waals surface area contributed by atoms with Crippen LogP contribution in [0.5, 0.6) is 0 Å². The Bertz CT molecular complexity index is 161. The van der Waals surface area contributed by atoms with E-state index < -0.39 is 0 Å². The second-order valence-corrected chi connectivity index (χ2v) is 2.10. The quantitative estimate of drug-likeness (QED) is 0.553. The van der Waals surface area contributed by atoms with Crippen molar-refractivity contribution in [2.24, 2.45) is 5.10 Å². The standard InChI is InChI=1S/C6H11N3O2/c1-2-11-6(10)5-9-4-3-7-8-9/h3,8H,2,4-5H2,1H3. The second kappa shape index (κ2) is 3.92. The Hall–Kier alpha value is -1.10. The van der Waals surface area contributed by atoms with Crippen molar-refractivity contribution in [1.82, 2.24) is 10.5 Å². The predicted molar refractivity (Wildman–Crippen MR) is 39.8 cm³/mol. The van der Waals surface area contributed by atoms with Crippen molar-refractivity contribution >= 4 is 12.2 Å². The summed E-state index contributed by atoms with van der Waals surface area (Å²) in [5.41, 5.74) is 2.65. The Balaban J connectivity index is 2.15. The minimum Gasteiger partial charge on any atom is -0.465 e. The van der Waals surface area contributed by atoms with Crippen LogP contribution in [-0.4, -0.2) is 36.9 Å². The van der Waals surface area contributed by atoms with Crippen molar-refractivity contribution in [3.8, 4) is 0 Å². The van der Waals surface area contributed by atoms with E-state index in [-0.39, 0.29) is 12.5 Å². The molecule has 1 rings (SSSR count). The summed E-state index contributed by atoms with van der Waals surface area (Å²) in [6.07, 6.45) is 1.69. The highest BCUT2D eigenvalue weighted by molar-refractivity contribution is 5.72. The SMILES string of the molecule is CCOC(=O)CN1CC=NN1. The van der Waals surface area contributed by atoms with Crippen LogP contribution in [0.25, 0.3) is 0 Å². The van der Waals surface area contributed by atoms with E-state index in [4.69, 9.17) is 4.74 Å². The molecule has 0 radical (unpaired) electrons. The molecule has 0 spiro atoms. The molecule has 1 heterocycles. The van der Waals surface area contributed by atoms with Crippen LogP contribution in [0.4, 0.5) is 0 Å². The first-order chi connectivity index (χ1) is 5.33. The van der Waals surface area contributed by atoms with Crippen LogP contribution in [0.2, 0.25) is 0 Å². The molecular weight excluding hydrogens is 146 g/mol. The lowest BCUT2D eigenvalue weighted by Crippen LogP contribution is -2.36. The Morgan fingerprint density at radius 3 is 3.27 bits per heavy atom. The van der Waals surface area contributed by atoms with E-state index >= 15 is 0 Å².